The molecule has 0 fully saturated rings. The molecule has 0 saturated heterocycles. The summed E-state index contributed by atoms with van der Waals surface area (Å²) < 4.78 is 0. The van der Waals surface area contributed by atoms with Crippen molar-refractivity contribution in [2.24, 2.45) is 0 Å². The monoisotopic (exact) mass is 293 g/mol. The van der Waals surface area contributed by atoms with Gasteiger partial charge in [-0.05, 0) is 44.0 Å². The van der Waals surface area contributed by atoms with Crippen molar-refractivity contribution in [1.29, 1.82) is 0 Å². The van der Waals surface area contributed by atoms with Crippen LogP contribution in [0, 0.1) is 6.92 Å². The van der Waals surface area contributed by atoms with Gasteiger partial charge in [0.15, 0.2) is 0 Å². The van der Waals surface area contributed by atoms with Gasteiger partial charge in [-0.15, -0.1) is 0 Å². The van der Waals surface area contributed by atoms with Gasteiger partial charge in [-0.2, -0.15) is 4.98 Å². The SMILES string of the molecule is Cc1cnc(NC2=CCCC=C2)nc1Nc1cccc(N)c1. The van der Waals surface area contributed by atoms with Crippen molar-refractivity contribution in [3.63, 3.8) is 0 Å². The number of allylic oxidation sites excluding steroid dienone is 3. The third kappa shape index (κ3) is 3.44. The highest BCUT2D eigenvalue weighted by Gasteiger charge is 2.06. The van der Waals surface area contributed by atoms with Gasteiger partial charge >= 0.3 is 0 Å². The van der Waals surface area contributed by atoms with Crippen molar-refractivity contribution in [2.75, 3.05) is 16.4 Å². The minimum atomic E-state index is 0.579. The van der Waals surface area contributed by atoms with Gasteiger partial charge in [-0.1, -0.05) is 18.2 Å². The number of nitrogens with one attached hydrogen (secondary N) is 2. The number of nitrogens with two attached hydrogens (primary N) is 1. The van der Waals surface area contributed by atoms with Gasteiger partial charge in [0.1, 0.15) is 5.82 Å². The Labute approximate surface area is 130 Å². The Morgan fingerprint density at radius 2 is 2.09 bits per heavy atom. The quantitative estimate of drug-likeness (QED) is 0.748. The molecule has 5 nitrogen and oxygen atoms in total. The van der Waals surface area contributed by atoms with E-state index in [0.29, 0.717) is 11.6 Å². The molecule has 0 bridgehead atoms. The first-order chi connectivity index (χ1) is 10.7. The van der Waals surface area contributed by atoms with E-state index in [4.69, 9.17) is 5.73 Å². The zero-order valence-electron chi connectivity index (χ0n) is 12.5. The summed E-state index contributed by atoms with van der Waals surface area (Å²) in [5.41, 5.74) is 9.43. The zero-order valence-corrected chi connectivity index (χ0v) is 12.5. The number of hydrogen-bond donors (Lipinski definition) is 3. The number of aryl methyl sites for hydroxylation is 1. The molecule has 1 aliphatic carbocycles. The molecule has 5 heteroatoms. The predicted molar refractivity (Wildman–Crippen MR) is 91.0 cm³/mol. The molecule has 0 atom stereocenters. The lowest BCUT2D eigenvalue weighted by Crippen LogP contribution is -2.06. The zero-order chi connectivity index (χ0) is 15.4. The molecule has 2 aromatic rings. The second kappa shape index (κ2) is 6.30. The maximum atomic E-state index is 5.80. The van der Waals surface area contributed by atoms with Crippen LogP contribution < -0.4 is 16.4 Å². The van der Waals surface area contributed by atoms with Gasteiger partial charge in [0.2, 0.25) is 5.95 Å². The predicted octanol–water partition coefficient (Wildman–Crippen LogP) is 3.76. The Morgan fingerprint density at radius 3 is 2.86 bits per heavy atom. The molecular formula is C17H19N5. The Kier molecular flexibility index (Phi) is 4.05. The molecule has 0 radical (unpaired) electrons. The fourth-order valence-electron chi connectivity index (χ4n) is 2.22. The maximum Gasteiger partial charge on any atom is 0.229 e. The highest BCUT2D eigenvalue weighted by molar-refractivity contribution is 5.64. The van der Waals surface area contributed by atoms with Crippen molar-refractivity contribution in [2.45, 2.75) is 19.8 Å². The van der Waals surface area contributed by atoms with Crippen molar-refractivity contribution >= 4 is 23.1 Å². The molecule has 0 unspecified atom stereocenters. The van der Waals surface area contributed by atoms with Gasteiger partial charge in [0, 0.05) is 28.8 Å². The van der Waals surface area contributed by atoms with Gasteiger partial charge in [0.25, 0.3) is 0 Å². The molecule has 0 amide bonds. The van der Waals surface area contributed by atoms with Crippen molar-refractivity contribution in [3.8, 4) is 0 Å². The first-order valence-corrected chi connectivity index (χ1v) is 7.30. The van der Waals surface area contributed by atoms with Crippen molar-refractivity contribution in [1.82, 2.24) is 9.97 Å². The Balaban J connectivity index is 1.80. The number of benzene rings is 1. The van der Waals surface area contributed by atoms with Crippen LogP contribution in [-0.4, -0.2) is 9.97 Å². The average Bonchev–Trinajstić information content (AvgIpc) is 2.52. The summed E-state index contributed by atoms with van der Waals surface area (Å²) in [4.78, 5) is 8.87. The lowest BCUT2D eigenvalue weighted by Gasteiger charge is -2.12. The van der Waals surface area contributed by atoms with Crippen LogP contribution in [0.15, 0.2) is 54.4 Å². The largest absolute Gasteiger partial charge is 0.399 e. The number of anilines is 4. The molecular weight excluding hydrogens is 274 g/mol. The summed E-state index contributed by atoms with van der Waals surface area (Å²) >= 11 is 0. The van der Waals surface area contributed by atoms with E-state index in [2.05, 4.69) is 38.8 Å². The molecule has 4 N–H and O–H groups in total. The number of aromatic nitrogens is 2. The third-order valence-electron chi connectivity index (χ3n) is 3.37. The minimum Gasteiger partial charge on any atom is -0.399 e. The fraction of sp³-hybridized carbons (Fsp3) is 0.176. The summed E-state index contributed by atoms with van der Waals surface area (Å²) in [6.07, 6.45) is 10.3. The summed E-state index contributed by atoms with van der Waals surface area (Å²) in [6, 6.07) is 7.59. The molecule has 22 heavy (non-hydrogen) atoms. The van der Waals surface area contributed by atoms with Gasteiger partial charge < -0.3 is 16.4 Å². The van der Waals surface area contributed by atoms with E-state index < -0.39 is 0 Å². The molecule has 1 aliphatic rings. The lowest BCUT2D eigenvalue weighted by atomic mass is 10.1. The van der Waals surface area contributed by atoms with E-state index in [1.54, 1.807) is 6.20 Å². The normalized spacial score (nSPS) is 13.6. The molecule has 1 aromatic carbocycles. The van der Waals surface area contributed by atoms with Crippen molar-refractivity contribution < 1.29 is 0 Å². The Hall–Kier alpha value is -2.82. The fourth-order valence-corrected chi connectivity index (χ4v) is 2.22. The number of hydrogen-bond acceptors (Lipinski definition) is 5. The molecule has 0 aliphatic heterocycles. The Morgan fingerprint density at radius 1 is 1.18 bits per heavy atom. The van der Waals surface area contributed by atoms with E-state index >= 15 is 0 Å². The summed E-state index contributed by atoms with van der Waals surface area (Å²) in [5.74, 6) is 1.35. The summed E-state index contributed by atoms with van der Waals surface area (Å²) in [6.45, 7) is 1.97. The van der Waals surface area contributed by atoms with E-state index in [-0.39, 0.29) is 0 Å². The average molecular weight is 293 g/mol. The van der Waals surface area contributed by atoms with Crippen LogP contribution in [0.5, 0.6) is 0 Å². The smallest absolute Gasteiger partial charge is 0.229 e. The second-order valence-corrected chi connectivity index (χ2v) is 5.24. The van der Waals surface area contributed by atoms with Gasteiger partial charge in [-0.25, -0.2) is 4.98 Å². The Bertz CT molecular complexity index is 734. The molecule has 1 aromatic heterocycles. The van der Waals surface area contributed by atoms with E-state index in [1.807, 2.05) is 31.2 Å². The maximum absolute atomic E-state index is 5.80. The van der Waals surface area contributed by atoms with Crippen LogP contribution in [0.3, 0.4) is 0 Å². The van der Waals surface area contributed by atoms with E-state index in [0.717, 1.165) is 35.6 Å². The summed E-state index contributed by atoms with van der Waals surface area (Å²) in [7, 11) is 0. The minimum absolute atomic E-state index is 0.579. The second-order valence-electron chi connectivity index (χ2n) is 5.24. The van der Waals surface area contributed by atoms with E-state index in [9.17, 15) is 0 Å². The number of nitrogens with zero attached hydrogens (tertiary/aromatic N) is 2. The van der Waals surface area contributed by atoms with E-state index in [1.165, 1.54) is 0 Å². The topological polar surface area (TPSA) is 75.9 Å². The van der Waals surface area contributed by atoms with Crippen LogP contribution in [0.1, 0.15) is 18.4 Å². The van der Waals surface area contributed by atoms with Crippen LogP contribution in [-0.2, 0) is 0 Å². The molecule has 0 saturated carbocycles. The third-order valence-corrected chi connectivity index (χ3v) is 3.37. The molecule has 1 heterocycles. The highest BCUT2D eigenvalue weighted by atomic mass is 15.1. The van der Waals surface area contributed by atoms with Gasteiger partial charge in [-0.3, -0.25) is 0 Å². The first kappa shape index (κ1) is 14.1. The summed E-state index contributed by atoms with van der Waals surface area (Å²) in [5, 5.41) is 6.52. The molecule has 0 spiro atoms. The van der Waals surface area contributed by atoms with Crippen LogP contribution >= 0.6 is 0 Å². The van der Waals surface area contributed by atoms with Crippen LogP contribution in [0.4, 0.5) is 23.1 Å². The van der Waals surface area contributed by atoms with Crippen LogP contribution in [0.25, 0.3) is 0 Å². The molecule has 112 valence electrons. The highest BCUT2D eigenvalue weighted by Crippen LogP contribution is 2.21. The lowest BCUT2D eigenvalue weighted by molar-refractivity contribution is 1.01. The molecule has 3 rings (SSSR count). The number of nitrogen functional groups attached to an aromatic ring is 1. The first-order valence-electron chi connectivity index (χ1n) is 7.30. The van der Waals surface area contributed by atoms with Gasteiger partial charge in [0.05, 0.1) is 0 Å². The van der Waals surface area contributed by atoms with Crippen LogP contribution in [0.2, 0.25) is 0 Å². The standard InChI is InChI=1S/C17H19N5/c1-12-11-19-17(21-14-7-3-2-4-8-14)22-16(12)20-15-9-5-6-13(18)10-15/h3,5-11H,2,4,18H2,1H3,(H2,19,20,21,22). The van der Waals surface area contributed by atoms with Crippen molar-refractivity contribution in [3.05, 3.63) is 60.0 Å². The number of rotatable bonds is 4.